The molecule has 0 radical (unpaired) electrons. The number of cyclic esters (lactones) is 1. The molecule has 0 saturated carbocycles. The fourth-order valence-corrected chi connectivity index (χ4v) is 4.17. The summed E-state index contributed by atoms with van der Waals surface area (Å²) in [7, 11) is -1.69. The summed E-state index contributed by atoms with van der Waals surface area (Å²) in [6.45, 7) is 16.1. The lowest BCUT2D eigenvalue weighted by Gasteiger charge is -2.36. The maximum Gasteiger partial charge on any atom is 0.319 e. The Morgan fingerprint density at radius 1 is 1.27 bits per heavy atom. The van der Waals surface area contributed by atoms with Gasteiger partial charge >= 0.3 is 5.97 Å². The number of ketones is 1. The van der Waals surface area contributed by atoms with Crippen LogP contribution in [0.25, 0.3) is 0 Å². The van der Waals surface area contributed by atoms with Gasteiger partial charge in [-0.25, -0.2) is 0 Å². The Balaban J connectivity index is 2.45. The lowest BCUT2D eigenvalue weighted by molar-refractivity contribution is -0.159. The average molecular weight is 383 g/mol. The van der Waals surface area contributed by atoms with Gasteiger partial charge in [0.2, 0.25) is 0 Å². The first-order valence-corrected chi connectivity index (χ1v) is 12.9. The van der Waals surface area contributed by atoms with Gasteiger partial charge in [0.25, 0.3) is 0 Å². The molecule has 1 heterocycles. The smallest absolute Gasteiger partial charge is 0.319 e. The van der Waals surface area contributed by atoms with E-state index in [9.17, 15) is 9.59 Å². The molecular formula is C21H38O4Si. The molecular weight excluding hydrogens is 344 g/mol. The van der Waals surface area contributed by atoms with Crippen molar-refractivity contribution in [2.45, 2.75) is 90.3 Å². The van der Waals surface area contributed by atoms with Crippen LogP contribution in [0, 0.1) is 5.41 Å². The summed E-state index contributed by atoms with van der Waals surface area (Å²) in [6.07, 6.45) is 7.48. The van der Waals surface area contributed by atoms with Gasteiger partial charge in [0.1, 0.15) is 11.2 Å². The van der Waals surface area contributed by atoms with E-state index in [1.807, 2.05) is 0 Å². The molecule has 1 fully saturated rings. The van der Waals surface area contributed by atoms with E-state index in [2.05, 4.69) is 40.4 Å². The third-order valence-electron chi connectivity index (χ3n) is 5.97. The van der Waals surface area contributed by atoms with Gasteiger partial charge in [0.05, 0.1) is 6.61 Å². The van der Waals surface area contributed by atoms with E-state index in [-0.39, 0.29) is 16.8 Å². The van der Waals surface area contributed by atoms with Crippen LogP contribution in [0.3, 0.4) is 0 Å². The highest BCUT2D eigenvalue weighted by Crippen LogP contribution is 2.37. The molecule has 0 N–H and O–H groups in total. The number of hydrogen-bond donors (Lipinski definition) is 0. The molecule has 0 amide bonds. The SMILES string of the molecule is C=CCC1(C(=O)CCCCCO[Si](C)(C)C(C)(C)C)CCCCOC1=O. The first kappa shape index (κ1) is 23.1. The lowest BCUT2D eigenvalue weighted by atomic mass is 9.74. The molecule has 1 aliphatic rings. The Morgan fingerprint density at radius 3 is 2.58 bits per heavy atom. The molecule has 150 valence electrons. The molecule has 0 aromatic carbocycles. The molecule has 0 aromatic heterocycles. The number of esters is 1. The number of rotatable bonds is 10. The van der Waals surface area contributed by atoms with E-state index in [0.29, 0.717) is 25.9 Å². The molecule has 26 heavy (non-hydrogen) atoms. The van der Waals surface area contributed by atoms with Crippen molar-refractivity contribution in [1.29, 1.82) is 0 Å². The second-order valence-corrected chi connectivity index (χ2v) is 13.8. The van der Waals surface area contributed by atoms with Crippen LogP contribution in [0.4, 0.5) is 0 Å². The molecule has 0 spiro atoms. The van der Waals surface area contributed by atoms with Gasteiger partial charge < -0.3 is 9.16 Å². The Labute approximate surface area is 160 Å². The van der Waals surface area contributed by atoms with Crippen LogP contribution in [-0.2, 0) is 18.8 Å². The fourth-order valence-electron chi connectivity index (χ4n) is 3.08. The number of ether oxygens (including phenoxy) is 1. The zero-order valence-electron chi connectivity index (χ0n) is 17.5. The minimum Gasteiger partial charge on any atom is -0.465 e. The van der Waals surface area contributed by atoms with Crippen molar-refractivity contribution in [3.05, 3.63) is 12.7 Å². The van der Waals surface area contributed by atoms with Crippen LogP contribution in [0.15, 0.2) is 12.7 Å². The Bertz CT molecular complexity index is 493. The average Bonchev–Trinajstić information content (AvgIpc) is 2.72. The first-order valence-electron chi connectivity index (χ1n) is 10.0. The summed E-state index contributed by atoms with van der Waals surface area (Å²) >= 11 is 0. The van der Waals surface area contributed by atoms with Gasteiger partial charge in [0, 0.05) is 13.0 Å². The third-order valence-corrected chi connectivity index (χ3v) is 10.5. The summed E-state index contributed by atoms with van der Waals surface area (Å²) in [6, 6.07) is 0. The van der Waals surface area contributed by atoms with Crippen LogP contribution in [0.1, 0.15) is 72.1 Å². The highest BCUT2D eigenvalue weighted by Gasteiger charge is 2.45. The maximum absolute atomic E-state index is 12.8. The highest BCUT2D eigenvalue weighted by molar-refractivity contribution is 6.74. The summed E-state index contributed by atoms with van der Waals surface area (Å²) in [5.41, 5.74) is -0.990. The number of Topliss-reactive ketones (excluding diaryl/α,β-unsaturated/α-hetero) is 1. The zero-order chi connectivity index (χ0) is 19.8. The van der Waals surface area contributed by atoms with Crippen LogP contribution in [0.5, 0.6) is 0 Å². The molecule has 5 heteroatoms. The summed E-state index contributed by atoms with van der Waals surface area (Å²) < 4.78 is 11.5. The second kappa shape index (κ2) is 9.84. The predicted octanol–water partition coefficient (Wildman–Crippen LogP) is 5.43. The Kier molecular flexibility index (Phi) is 8.74. The monoisotopic (exact) mass is 382 g/mol. The van der Waals surface area contributed by atoms with Crippen molar-refractivity contribution in [2.24, 2.45) is 5.41 Å². The standard InChI is InChI=1S/C21H38O4Si/c1-7-14-21(15-10-12-16-24-19(21)23)18(22)13-9-8-11-17-25-26(5,6)20(2,3)4/h7H,1,8-17H2,2-6H3. The number of allylic oxidation sites excluding steroid dienone is 1. The molecule has 1 aliphatic heterocycles. The van der Waals surface area contributed by atoms with Crippen LogP contribution < -0.4 is 0 Å². The third kappa shape index (κ3) is 6.05. The van der Waals surface area contributed by atoms with Gasteiger partial charge in [-0.1, -0.05) is 33.3 Å². The van der Waals surface area contributed by atoms with Crippen LogP contribution in [-0.4, -0.2) is 33.3 Å². The fraction of sp³-hybridized carbons (Fsp3) is 0.810. The van der Waals surface area contributed by atoms with Gasteiger partial charge in [-0.15, -0.1) is 6.58 Å². The normalized spacial score (nSPS) is 21.8. The van der Waals surface area contributed by atoms with E-state index >= 15 is 0 Å². The van der Waals surface area contributed by atoms with Crippen molar-refractivity contribution >= 4 is 20.1 Å². The first-order chi connectivity index (χ1) is 12.1. The molecule has 0 aliphatic carbocycles. The topological polar surface area (TPSA) is 52.6 Å². The minimum absolute atomic E-state index is 0.0228. The molecule has 4 nitrogen and oxygen atoms in total. The van der Waals surface area contributed by atoms with Gasteiger partial charge in [0.15, 0.2) is 8.32 Å². The highest BCUT2D eigenvalue weighted by atomic mass is 28.4. The largest absolute Gasteiger partial charge is 0.465 e. The van der Waals surface area contributed by atoms with Crippen LogP contribution in [0.2, 0.25) is 18.1 Å². The van der Waals surface area contributed by atoms with Crippen molar-refractivity contribution < 1.29 is 18.8 Å². The second-order valence-electron chi connectivity index (χ2n) is 9.01. The van der Waals surface area contributed by atoms with Crippen LogP contribution >= 0.6 is 0 Å². The summed E-state index contributed by atoms with van der Waals surface area (Å²) in [5, 5.41) is 0.222. The van der Waals surface area contributed by atoms with Crippen molar-refractivity contribution in [3.63, 3.8) is 0 Å². The Hall–Kier alpha value is -0.943. The van der Waals surface area contributed by atoms with Crippen molar-refractivity contribution in [1.82, 2.24) is 0 Å². The number of carbonyl (C=O) groups excluding carboxylic acids is 2. The van der Waals surface area contributed by atoms with Gasteiger partial charge in [-0.2, -0.15) is 0 Å². The van der Waals surface area contributed by atoms with E-state index in [4.69, 9.17) is 9.16 Å². The minimum atomic E-state index is -1.69. The number of hydrogen-bond acceptors (Lipinski definition) is 4. The predicted molar refractivity (Wildman–Crippen MR) is 109 cm³/mol. The van der Waals surface area contributed by atoms with Gasteiger partial charge in [-0.3, -0.25) is 9.59 Å². The number of carbonyl (C=O) groups is 2. The molecule has 1 saturated heterocycles. The molecule has 0 bridgehead atoms. The number of unbranched alkanes of at least 4 members (excludes halogenated alkanes) is 2. The molecule has 1 atom stereocenters. The maximum atomic E-state index is 12.8. The summed E-state index contributed by atoms with van der Waals surface area (Å²) in [5.74, 6) is -0.323. The quantitative estimate of drug-likeness (QED) is 0.166. The van der Waals surface area contributed by atoms with Crippen molar-refractivity contribution in [2.75, 3.05) is 13.2 Å². The van der Waals surface area contributed by atoms with E-state index in [0.717, 1.165) is 38.7 Å². The molecule has 1 unspecified atom stereocenters. The Morgan fingerprint density at radius 2 is 1.96 bits per heavy atom. The van der Waals surface area contributed by atoms with E-state index < -0.39 is 13.7 Å². The van der Waals surface area contributed by atoms with Crippen molar-refractivity contribution in [3.8, 4) is 0 Å². The van der Waals surface area contributed by atoms with Gasteiger partial charge in [-0.05, 0) is 56.7 Å². The van der Waals surface area contributed by atoms with E-state index in [1.54, 1.807) is 6.08 Å². The molecule has 0 aromatic rings. The lowest BCUT2D eigenvalue weighted by Crippen LogP contribution is -2.41. The molecule has 1 rings (SSSR count). The van der Waals surface area contributed by atoms with E-state index in [1.165, 1.54) is 0 Å². The summed E-state index contributed by atoms with van der Waals surface area (Å²) in [4.78, 5) is 25.2. The zero-order valence-corrected chi connectivity index (χ0v) is 18.5.